The summed E-state index contributed by atoms with van der Waals surface area (Å²) in [5.41, 5.74) is 5.47. The summed E-state index contributed by atoms with van der Waals surface area (Å²) in [7, 11) is 0. The number of carbonyl (C=O) groups excluding carboxylic acids is 1. The molecule has 0 aliphatic carbocycles. The Bertz CT molecular complexity index is 149. The van der Waals surface area contributed by atoms with Gasteiger partial charge in [0.15, 0.2) is 0 Å². The van der Waals surface area contributed by atoms with Crippen molar-refractivity contribution in [2.75, 3.05) is 13.1 Å². The molecular weight excluding hydrogens is 144 g/mol. The normalized spacial score (nSPS) is 25.5. The van der Waals surface area contributed by atoms with Crippen LogP contribution in [-0.2, 0) is 9.63 Å². The lowest BCUT2D eigenvalue weighted by molar-refractivity contribution is -0.190. The molecule has 1 atom stereocenters. The van der Waals surface area contributed by atoms with Gasteiger partial charge in [0, 0.05) is 20.0 Å². The molecule has 11 heavy (non-hydrogen) atoms. The second kappa shape index (κ2) is 3.69. The van der Waals surface area contributed by atoms with E-state index >= 15 is 0 Å². The van der Waals surface area contributed by atoms with Gasteiger partial charge in [0.25, 0.3) is 0 Å². The maximum atomic E-state index is 10.6. The molecule has 1 aliphatic heterocycles. The molecule has 4 heteroatoms. The average Bonchev–Trinajstić information content (AvgIpc) is 2.34. The molecule has 0 saturated carbocycles. The van der Waals surface area contributed by atoms with Crippen molar-refractivity contribution in [3.63, 3.8) is 0 Å². The average molecular weight is 158 g/mol. The number of nitrogens with zero attached hydrogens (tertiary/aromatic N) is 1. The van der Waals surface area contributed by atoms with Gasteiger partial charge in [-0.15, -0.1) is 5.06 Å². The lowest BCUT2D eigenvalue weighted by Crippen LogP contribution is -2.36. The fraction of sp³-hybridized carbons (Fsp3) is 0.857. The largest absolute Gasteiger partial charge is 0.368 e. The molecule has 1 fully saturated rings. The quantitative estimate of drug-likeness (QED) is 0.609. The van der Waals surface area contributed by atoms with Gasteiger partial charge in [-0.2, -0.15) is 0 Å². The maximum absolute atomic E-state index is 10.6. The molecule has 0 bridgehead atoms. The highest BCUT2D eigenvalue weighted by atomic mass is 16.7. The molecule has 0 aromatic rings. The van der Waals surface area contributed by atoms with Gasteiger partial charge in [-0.25, -0.2) is 0 Å². The third-order valence-electron chi connectivity index (χ3n) is 1.84. The Hall–Kier alpha value is -0.610. The zero-order valence-corrected chi connectivity index (χ0v) is 6.75. The molecule has 1 rings (SSSR count). The van der Waals surface area contributed by atoms with Crippen LogP contribution in [-0.4, -0.2) is 30.2 Å². The van der Waals surface area contributed by atoms with Crippen LogP contribution >= 0.6 is 0 Å². The Kier molecular flexibility index (Phi) is 2.84. The Balaban J connectivity index is 2.37. The number of rotatable bonds is 2. The van der Waals surface area contributed by atoms with Gasteiger partial charge in [0.05, 0.1) is 6.04 Å². The number of carbonyl (C=O) groups is 1. The highest BCUT2D eigenvalue weighted by molar-refractivity contribution is 5.65. The third-order valence-corrected chi connectivity index (χ3v) is 1.84. The standard InChI is InChI=1S/C7H14N2O2/c1-6(10)11-9-4-2-3-7(9)5-8/h7H,2-5,8H2,1H3. The van der Waals surface area contributed by atoms with E-state index in [1.807, 2.05) is 0 Å². The SMILES string of the molecule is CC(=O)ON1CCCC1CN. The topological polar surface area (TPSA) is 55.6 Å². The first-order chi connectivity index (χ1) is 5.24. The molecule has 1 saturated heterocycles. The van der Waals surface area contributed by atoms with Crippen LogP contribution in [0.5, 0.6) is 0 Å². The highest BCUT2D eigenvalue weighted by Gasteiger charge is 2.25. The van der Waals surface area contributed by atoms with Crippen LogP contribution in [0.25, 0.3) is 0 Å². The number of nitrogens with two attached hydrogens (primary N) is 1. The Morgan fingerprint density at radius 2 is 2.55 bits per heavy atom. The number of hydroxylamine groups is 2. The van der Waals surface area contributed by atoms with Crippen molar-refractivity contribution < 1.29 is 9.63 Å². The Labute approximate surface area is 66.3 Å². The van der Waals surface area contributed by atoms with E-state index in [1.165, 1.54) is 6.92 Å². The molecule has 0 spiro atoms. The van der Waals surface area contributed by atoms with Gasteiger partial charge in [-0.05, 0) is 12.8 Å². The molecule has 64 valence electrons. The van der Waals surface area contributed by atoms with Crippen LogP contribution in [0, 0.1) is 0 Å². The van der Waals surface area contributed by atoms with E-state index in [2.05, 4.69) is 0 Å². The molecule has 0 amide bonds. The highest BCUT2D eigenvalue weighted by Crippen LogP contribution is 2.15. The van der Waals surface area contributed by atoms with Crippen molar-refractivity contribution in [1.29, 1.82) is 0 Å². The van der Waals surface area contributed by atoms with E-state index in [1.54, 1.807) is 5.06 Å². The van der Waals surface area contributed by atoms with Crippen LogP contribution in [0.1, 0.15) is 19.8 Å². The maximum Gasteiger partial charge on any atom is 0.322 e. The molecule has 1 heterocycles. The summed E-state index contributed by atoms with van der Waals surface area (Å²) in [5.74, 6) is -0.259. The van der Waals surface area contributed by atoms with Gasteiger partial charge < -0.3 is 10.6 Å². The summed E-state index contributed by atoms with van der Waals surface area (Å²) in [5, 5.41) is 1.68. The second-order valence-corrected chi connectivity index (χ2v) is 2.76. The minimum Gasteiger partial charge on any atom is -0.368 e. The van der Waals surface area contributed by atoms with E-state index in [0.717, 1.165) is 19.4 Å². The van der Waals surface area contributed by atoms with Crippen molar-refractivity contribution >= 4 is 5.97 Å². The lowest BCUT2D eigenvalue weighted by atomic mass is 10.2. The van der Waals surface area contributed by atoms with Crippen LogP contribution in [0.4, 0.5) is 0 Å². The fourth-order valence-corrected chi connectivity index (χ4v) is 1.33. The van der Waals surface area contributed by atoms with Crippen LogP contribution < -0.4 is 5.73 Å². The predicted octanol–water partition coefficient (Wildman–Crippen LogP) is -0.112. The van der Waals surface area contributed by atoms with Gasteiger partial charge in [0.1, 0.15) is 0 Å². The zero-order chi connectivity index (χ0) is 8.27. The van der Waals surface area contributed by atoms with Crippen LogP contribution in [0.3, 0.4) is 0 Å². The number of hydrogen-bond acceptors (Lipinski definition) is 4. The Morgan fingerprint density at radius 3 is 3.09 bits per heavy atom. The van der Waals surface area contributed by atoms with E-state index in [-0.39, 0.29) is 12.0 Å². The first-order valence-corrected chi connectivity index (χ1v) is 3.89. The monoisotopic (exact) mass is 158 g/mol. The molecule has 1 unspecified atom stereocenters. The van der Waals surface area contributed by atoms with E-state index in [4.69, 9.17) is 10.6 Å². The molecule has 2 N–H and O–H groups in total. The first-order valence-electron chi connectivity index (χ1n) is 3.89. The summed E-state index contributed by atoms with van der Waals surface area (Å²) < 4.78 is 0. The molecule has 0 aromatic carbocycles. The number of hydrogen-bond donors (Lipinski definition) is 1. The van der Waals surface area contributed by atoms with Gasteiger partial charge in [0.2, 0.25) is 0 Å². The van der Waals surface area contributed by atoms with E-state index in [0.29, 0.717) is 6.54 Å². The zero-order valence-electron chi connectivity index (χ0n) is 6.75. The second-order valence-electron chi connectivity index (χ2n) is 2.76. The van der Waals surface area contributed by atoms with Gasteiger partial charge in [-0.3, -0.25) is 4.79 Å². The minimum atomic E-state index is -0.259. The summed E-state index contributed by atoms with van der Waals surface area (Å²) >= 11 is 0. The van der Waals surface area contributed by atoms with Crippen LogP contribution in [0.15, 0.2) is 0 Å². The van der Waals surface area contributed by atoms with Gasteiger partial charge in [-0.1, -0.05) is 0 Å². The molecule has 0 radical (unpaired) electrons. The molecule has 4 nitrogen and oxygen atoms in total. The lowest BCUT2D eigenvalue weighted by Gasteiger charge is -2.20. The molecular formula is C7H14N2O2. The van der Waals surface area contributed by atoms with E-state index < -0.39 is 0 Å². The molecule has 1 aliphatic rings. The van der Waals surface area contributed by atoms with Gasteiger partial charge >= 0.3 is 5.97 Å². The first kappa shape index (κ1) is 8.49. The van der Waals surface area contributed by atoms with E-state index in [9.17, 15) is 4.79 Å². The van der Waals surface area contributed by atoms with Crippen LogP contribution in [0.2, 0.25) is 0 Å². The predicted molar refractivity (Wildman–Crippen MR) is 40.5 cm³/mol. The Morgan fingerprint density at radius 1 is 1.82 bits per heavy atom. The third kappa shape index (κ3) is 2.17. The smallest absolute Gasteiger partial charge is 0.322 e. The van der Waals surface area contributed by atoms with Crippen molar-refractivity contribution in [1.82, 2.24) is 5.06 Å². The summed E-state index contributed by atoms with van der Waals surface area (Å²) in [6.45, 7) is 2.79. The summed E-state index contributed by atoms with van der Waals surface area (Å²) in [6, 6.07) is 0.235. The summed E-state index contributed by atoms with van der Waals surface area (Å²) in [6.07, 6.45) is 2.10. The van der Waals surface area contributed by atoms with Crippen molar-refractivity contribution in [2.45, 2.75) is 25.8 Å². The van der Waals surface area contributed by atoms with Crippen molar-refractivity contribution in [3.05, 3.63) is 0 Å². The van der Waals surface area contributed by atoms with Crippen molar-refractivity contribution in [3.8, 4) is 0 Å². The summed E-state index contributed by atoms with van der Waals surface area (Å²) in [4.78, 5) is 15.5. The minimum absolute atomic E-state index is 0.235. The fourth-order valence-electron chi connectivity index (χ4n) is 1.33. The van der Waals surface area contributed by atoms with Crippen molar-refractivity contribution in [2.24, 2.45) is 5.73 Å². The molecule has 0 aromatic heterocycles.